The van der Waals surface area contributed by atoms with E-state index in [0.29, 0.717) is 17.4 Å². The first-order valence-corrected chi connectivity index (χ1v) is 10.00. The highest BCUT2D eigenvalue weighted by atomic mass is 32.1. The molecule has 166 valence electrons. The predicted octanol–water partition coefficient (Wildman–Crippen LogP) is 5.55. The molecule has 0 aliphatic heterocycles. The lowest BCUT2D eigenvalue weighted by Crippen LogP contribution is -2.23. The lowest BCUT2D eigenvalue weighted by molar-refractivity contribution is -0.0912. The summed E-state index contributed by atoms with van der Waals surface area (Å²) >= 11 is 4.47. The Bertz CT molecular complexity index is 996. The van der Waals surface area contributed by atoms with Crippen LogP contribution >= 0.6 is 12.6 Å². The average Bonchev–Trinajstić information content (AvgIpc) is 2.72. The van der Waals surface area contributed by atoms with Gasteiger partial charge in [0.15, 0.2) is 0 Å². The number of aromatic nitrogens is 1. The highest BCUT2D eigenvalue weighted by Crippen LogP contribution is 2.32. The molecule has 0 amide bonds. The van der Waals surface area contributed by atoms with E-state index < -0.39 is 23.6 Å². The van der Waals surface area contributed by atoms with Crippen molar-refractivity contribution >= 4 is 34.6 Å². The molecular formula is C22H24F4N4S. The maximum Gasteiger partial charge on any atom is 0.418 e. The molecule has 0 aliphatic rings. The Balaban J connectivity index is 1.79. The van der Waals surface area contributed by atoms with Crippen LogP contribution in [0.3, 0.4) is 0 Å². The number of thiol groups is 1. The molecule has 1 heterocycles. The quantitative estimate of drug-likeness (QED) is 0.154. The van der Waals surface area contributed by atoms with E-state index in [2.05, 4.69) is 27.9 Å². The summed E-state index contributed by atoms with van der Waals surface area (Å²) in [7, 11) is 0. The van der Waals surface area contributed by atoms with Crippen LogP contribution in [-0.2, 0) is 0 Å². The van der Waals surface area contributed by atoms with Crippen molar-refractivity contribution in [3.8, 4) is 0 Å². The number of benzene rings is 1. The van der Waals surface area contributed by atoms with Crippen molar-refractivity contribution < 1.29 is 17.6 Å². The second kappa shape index (κ2) is 11.7. The van der Waals surface area contributed by atoms with Gasteiger partial charge in [-0.3, -0.25) is 9.98 Å². The average molecular weight is 453 g/mol. The molecule has 1 atom stereocenters. The van der Waals surface area contributed by atoms with Gasteiger partial charge in [-0.2, -0.15) is 13.2 Å². The molecule has 0 saturated carbocycles. The molecule has 31 heavy (non-hydrogen) atoms. The van der Waals surface area contributed by atoms with Gasteiger partial charge >= 0.3 is 6.18 Å². The fourth-order valence-corrected chi connectivity index (χ4v) is 2.96. The van der Waals surface area contributed by atoms with Gasteiger partial charge in [0, 0.05) is 34.9 Å². The molecule has 9 heteroatoms. The molecule has 0 aliphatic carbocycles. The van der Waals surface area contributed by atoms with Gasteiger partial charge in [-0.1, -0.05) is 18.2 Å². The number of halogens is 4. The molecule has 0 fully saturated rings. The number of aliphatic imine (C=N–C) groups is 1. The number of nitrogens with zero attached hydrogens (tertiary/aromatic N) is 2. The van der Waals surface area contributed by atoms with E-state index in [1.54, 1.807) is 18.6 Å². The highest BCUT2D eigenvalue weighted by molar-refractivity contribution is 7.90. The van der Waals surface area contributed by atoms with Crippen LogP contribution in [0.1, 0.15) is 25.3 Å². The number of nitrogens with one attached hydrogen (secondary N) is 1. The number of hydrogen-bond donors (Lipinski definition) is 3. The first-order valence-electron chi connectivity index (χ1n) is 9.55. The molecule has 0 radical (unpaired) electrons. The van der Waals surface area contributed by atoms with Gasteiger partial charge in [0.2, 0.25) is 0 Å². The van der Waals surface area contributed by atoms with E-state index in [9.17, 15) is 17.6 Å². The third-order valence-corrected chi connectivity index (χ3v) is 4.76. The molecule has 2 aromatic rings. The van der Waals surface area contributed by atoms with Crippen molar-refractivity contribution in [2.45, 2.75) is 32.0 Å². The molecule has 1 aromatic carbocycles. The van der Waals surface area contributed by atoms with Gasteiger partial charge < -0.3 is 11.1 Å². The van der Waals surface area contributed by atoms with E-state index in [1.165, 1.54) is 6.34 Å². The van der Waals surface area contributed by atoms with Gasteiger partial charge in [0.05, 0.1) is 18.5 Å². The minimum atomic E-state index is -4.71. The van der Waals surface area contributed by atoms with E-state index in [4.69, 9.17) is 5.73 Å². The molecule has 3 N–H and O–H groups in total. The van der Waals surface area contributed by atoms with Crippen molar-refractivity contribution in [2.24, 2.45) is 10.7 Å². The Hall–Kier alpha value is -2.65. The van der Waals surface area contributed by atoms with Crippen molar-refractivity contribution in [3.63, 3.8) is 0 Å². The number of nitrogens with two attached hydrogens (primary N) is 1. The van der Waals surface area contributed by atoms with Gasteiger partial charge in [-0.15, -0.1) is 12.6 Å². The van der Waals surface area contributed by atoms with E-state index in [1.807, 2.05) is 24.3 Å². The monoisotopic (exact) mass is 452 g/mol. The number of pyridine rings is 1. The maximum absolute atomic E-state index is 13.6. The second-order valence-electron chi connectivity index (χ2n) is 6.72. The van der Waals surface area contributed by atoms with Gasteiger partial charge in [0.25, 0.3) is 0 Å². The maximum atomic E-state index is 13.6. The Morgan fingerprint density at radius 2 is 2.06 bits per heavy atom. The van der Waals surface area contributed by atoms with E-state index in [0.717, 1.165) is 29.3 Å². The van der Waals surface area contributed by atoms with E-state index in [-0.39, 0.29) is 13.0 Å². The van der Waals surface area contributed by atoms with Crippen LogP contribution in [0, 0.1) is 0 Å². The largest absolute Gasteiger partial charge is 0.418 e. The zero-order valence-corrected chi connectivity index (χ0v) is 17.8. The molecule has 0 bridgehead atoms. The van der Waals surface area contributed by atoms with Crippen LogP contribution in [0.4, 0.5) is 17.6 Å². The summed E-state index contributed by atoms with van der Waals surface area (Å²) in [6.07, 6.45) is 3.93. The van der Waals surface area contributed by atoms with Crippen LogP contribution < -0.4 is 11.1 Å². The Kier molecular flexibility index (Phi) is 9.26. The molecular weight excluding hydrogens is 428 g/mol. The molecule has 2 rings (SSSR count). The fraction of sp³-hybridized carbons (Fsp3) is 0.273. The van der Waals surface area contributed by atoms with Crippen LogP contribution in [0.5, 0.6) is 0 Å². The topological polar surface area (TPSA) is 63.3 Å². The van der Waals surface area contributed by atoms with Crippen molar-refractivity contribution in [1.82, 2.24) is 10.3 Å². The Morgan fingerprint density at radius 3 is 2.77 bits per heavy atom. The summed E-state index contributed by atoms with van der Waals surface area (Å²) in [6, 6.07) is 7.40. The van der Waals surface area contributed by atoms with Crippen molar-refractivity contribution in [2.75, 3.05) is 6.54 Å². The predicted molar refractivity (Wildman–Crippen MR) is 121 cm³/mol. The second-order valence-corrected chi connectivity index (χ2v) is 7.20. The lowest BCUT2D eigenvalue weighted by atomic mass is 10.1. The summed E-state index contributed by atoms with van der Waals surface area (Å²) in [5.74, 6) is -1.29. The Labute approximate surface area is 184 Å². The SMILES string of the molecule is C/C=C(\C(F)=C/CCC(N)CN=CN/C=C(\S)c1ccc2cnccc2c1)C(F)(F)F. The first kappa shape index (κ1) is 24.6. The number of rotatable bonds is 9. The zero-order chi connectivity index (χ0) is 22.9. The third-order valence-electron chi connectivity index (χ3n) is 4.37. The Morgan fingerprint density at radius 1 is 1.29 bits per heavy atom. The summed E-state index contributed by atoms with van der Waals surface area (Å²) in [4.78, 5) is 8.91. The van der Waals surface area contributed by atoms with Crippen LogP contribution in [0.2, 0.25) is 0 Å². The minimum Gasteiger partial charge on any atom is -0.352 e. The number of fused-ring (bicyclic) bond motifs is 1. The van der Waals surface area contributed by atoms with Crippen molar-refractivity contribution in [1.29, 1.82) is 0 Å². The number of alkyl halides is 3. The van der Waals surface area contributed by atoms with Crippen molar-refractivity contribution in [3.05, 3.63) is 72.0 Å². The summed E-state index contributed by atoms with van der Waals surface area (Å²) in [5.41, 5.74) is 5.52. The van der Waals surface area contributed by atoms with Gasteiger partial charge in [-0.05, 0) is 48.9 Å². The van der Waals surface area contributed by atoms with Gasteiger partial charge in [-0.25, -0.2) is 4.39 Å². The summed E-state index contributed by atoms with van der Waals surface area (Å²) in [5, 5.41) is 4.98. The first-order chi connectivity index (χ1) is 14.7. The fourth-order valence-electron chi connectivity index (χ4n) is 2.75. The molecule has 4 nitrogen and oxygen atoms in total. The lowest BCUT2D eigenvalue weighted by Gasteiger charge is -2.10. The van der Waals surface area contributed by atoms with Crippen LogP contribution in [0.15, 0.2) is 71.4 Å². The molecule has 0 spiro atoms. The summed E-state index contributed by atoms with van der Waals surface area (Å²) < 4.78 is 51.5. The van der Waals surface area contributed by atoms with E-state index >= 15 is 0 Å². The standard InChI is InChI=1S/C22H24F4N4S/c1-2-19(22(24,25)26)20(23)5-3-4-18(27)12-29-14-30-13-21(31)16-6-7-17-11-28-9-8-15(17)10-16/h2,5-11,13-14,18,31H,3-4,12,27H2,1H3,(H,29,30)/b19-2+,20-5+,21-13-. The third kappa shape index (κ3) is 7.84. The molecule has 1 aromatic heterocycles. The number of allylic oxidation sites excluding steroid dienone is 4. The zero-order valence-electron chi connectivity index (χ0n) is 16.9. The normalized spacial score (nSPS) is 15.0. The van der Waals surface area contributed by atoms with Crippen LogP contribution in [-0.4, -0.2) is 30.1 Å². The molecule has 1 unspecified atom stereocenters. The number of hydrogen-bond acceptors (Lipinski definition) is 4. The van der Waals surface area contributed by atoms with Gasteiger partial charge in [0.1, 0.15) is 5.83 Å². The summed E-state index contributed by atoms with van der Waals surface area (Å²) in [6.45, 7) is 1.39. The highest BCUT2D eigenvalue weighted by Gasteiger charge is 2.35. The molecule has 0 saturated heterocycles. The minimum absolute atomic E-state index is 0.0849. The smallest absolute Gasteiger partial charge is 0.352 e. The van der Waals surface area contributed by atoms with Crippen LogP contribution in [0.25, 0.3) is 15.7 Å².